The van der Waals surface area contributed by atoms with Crippen molar-refractivity contribution in [2.75, 3.05) is 18.4 Å². The smallest absolute Gasteiger partial charge is 0.241 e. The first-order valence-corrected chi connectivity index (χ1v) is 7.59. The minimum Gasteiger partial charge on any atom is -0.324 e. The first-order chi connectivity index (χ1) is 9.47. The Morgan fingerprint density at radius 1 is 1.30 bits per heavy atom. The summed E-state index contributed by atoms with van der Waals surface area (Å²) in [5.74, 6) is 0.897. The molecule has 1 N–H and O–H groups in total. The molecule has 0 aliphatic carbocycles. The second-order valence-electron chi connectivity index (χ2n) is 6.20. The van der Waals surface area contributed by atoms with Crippen LogP contribution in [-0.4, -0.2) is 29.9 Å². The van der Waals surface area contributed by atoms with Crippen LogP contribution in [0, 0.1) is 19.8 Å². The highest BCUT2D eigenvalue weighted by atomic mass is 16.2. The number of hydrogen-bond donors (Lipinski definition) is 1. The maximum absolute atomic E-state index is 12.4. The van der Waals surface area contributed by atoms with E-state index in [2.05, 4.69) is 29.3 Å². The number of anilines is 1. The van der Waals surface area contributed by atoms with E-state index < -0.39 is 0 Å². The highest BCUT2D eigenvalue weighted by molar-refractivity contribution is 5.95. The van der Waals surface area contributed by atoms with Gasteiger partial charge in [0.2, 0.25) is 5.91 Å². The van der Waals surface area contributed by atoms with E-state index in [-0.39, 0.29) is 11.9 Å². The van der Waals surface area contributed by atoms with Gasteiger partial charge in [0, 0.05) is 5.69 Å². The zero-order valence-corrected chi connectivity index (χ0v) is 13.1. The van der Waals surface area contributed by atoms with Crippen LogP contribution >= 0.6 is 0 Å². The van der Waals surface area contributed by atoms with Crippen molar-refractivity contribution < 1.29 is 4.79 Å². The summed E-state index contributed by atoms with van der Waals surface area (Å²) in [6.07, 6.45) is 2.39. The van der Waals surface area contributed by atoms with Crippen LogP contribution in [0.15, 0.2) is 18.2 Å². The number of nitrogens with zero attached hydrogens (tertiary/aromatic N) is 1. The maximum Gasteiger partial charge on any atom is 0.241 e. The molecule has 0 aromatic heterocycles. The molecule has 3 heteroatoms. The number of amides is 1. The van der Waals surface area contributed by atoms with E-state index in [0.29, 0.717) is 0 Å². The lowest BCUT2D eigenvalue weighted by atomic mass is 9.98. The zero-order valence-electron chi connectivity index (χ0n) is 13.1. The number of benzene rings is 1. The van der Waals surface area contributed by atoms with Gasteiger partial charge in [-0.3, -0.25) is 9.69 Å². The first-order valence-electron chi connectivity index (χ1n) is 7.59. The predicted molar refractivity (Wildman–Crippen MR) is 84.0 cm³/mol. The largest absolute Gasteiger partial charge is 0.324 e. The van der Waals surface area contributed by atoms with E-state index >= 15 is 0 Å². The van der Waals surface area contributed by atoms with Crippen LogP contribution < -0.4 is 5.32 Å². The molecule has 1 aromatic rings. The molecule has 110 valence electrons. The molecule has 1 atom stereocenters. The lowest BCUT2D eigenvalue weighted by Crippen LogP contribution is -2.45. The van der Waals surface area contributed by atoms with Crippen LogP contribution in [-0.2, 0) is 4.79 Å². The quantitative estimate of drug-likeness (QED) is 0.916. The van der Waals surface area contributed by atoms with Gasteiger partial charge in [0.1, 0.15) is 0 Å². The number of carbonyl (C=O) groups is 1. The summed E-state index contributed by atoms with van der Waals surface area (Å²) in [6.45, 7) is 10.4. The highest BCUT2D eigenvalue weighted by Gasteiger charge is 2.25. The van der Waals surface area contributed by atoms with Crippen molar-refractivity contribution in [1.29, 1.82) is 0 Å². The maximum atomic E-state index is 12.4. The van der Waals surface area contributed by atoms with E-state index in [4.69, 9.17) is 0 Å². The summed E-state index contributed by atoms with van der Waals surface area (Å²) >= 11 is 0. The summed E-state index contributed by atoms with van der Waals surface area (Å²) in [5, 5.41) is 3.08. The molecule has 0 saturated carbocycles. The van der Waals surface area contributed by atoms with Crippen molar-refractivity contribution in [2.24, 2.45) is 5.92 Å². The van der Waals surface area contributed by atoms with Gasteiger partial charge in [-0.1, -0.05) is 19.1 Å². The first kappa shape index (κ1) is 15.0. The van der Waals surface area contributed by atoms with Gasteiger partial charge in [-0.15, -0.1) is 0 Å². The fourth-order valence-electron chi connectivity index (χ4n) is 2.69. The SMILES string of the molecule is Cc1ccc(C)c(NC(=O)[C@H](C)N2CCC(C)CC2)c1. The molecule has 1 amide bonds. The second-order valence-corrected chi connectivity index (χ2v) is 6.20. The predicted octanol–water partition coefficient (Wildman–Crippen LogP) is 3.36. The fourth-order valence-corrected chi connectivity index (χ4v) is 2.69. The number of likely N-dealkylation sites (tertiary alicyclic amines) is 1. The number of nitrogens with one attached hydrogen (secondary N) is 1. The van der Waals surface area contributed by atoms with Gasteiger partial charge >= 0.3 is 0 Å². The van der Waals surface area contributed by atoms with Crippen LogP contribution in [0.4, 0.5) is 5.69 Å². The number of rotatable bonds is 3. The molecule has 0 bridgehead atoms. The summed E-state index contributed by atoms with van der Waals surface area (Å²) < 4.78 is 0. The van der Waals surface area contributed by atoms with Crippen LogP contribution in [0.5, 0.6) is 0 Å². The van der Waals surface area contributed by atoms with Crippen molar-refractivity contribution >= 4 is 11.6 Å². The zero-order chi connectivity index (χ0) is 14.7. The molecular formula is C17H26N2O. The Labute approximate surface area is 122 Å². The third-order valence-corrected chi connectivity index (χ3v) is 4.40. The average molecular weight is 274 g/mol. The molecular weight excluding hydrogens is 248 g/mol. The van der Waals surface area contributed by atoms with Gasteiger partial charge in [-0.25, -0.2) is 0 Å². The molecule has 1 aromatic carbocycles. The third-order valence-electron chi connectivity index (χ3n) is 4.40. The fraction of sp³-hybridized carbons (Fsp3) is 0.588. The van der Waals surface area contributed by atoms with Crippen LogP contribution in [0.25, 0.3) is 0 Å². The Balaban J connectivity index is 1.99. The van der Waals surface area contributed by atoms with Gasteiger partial charge < -0.3 is 5.32 Å². The van der Waals surface area contributed by atoms with E-state index in [1.807, 2.05) is 26.8 Å². The lowest BCUT2D eigenvalue weighted by molar-refractivity contribution is -0.121. The number of piperidine rings is 1. The molecule has 0 spiro atoms. The van der Waals surface area contributed by atoms with E-state index in [0.717, 1.165) is 30.3 Å². The summed E-state index contributed by atoms with van der Waals surface area (Å²) in [6, 6.07) is 6.11. The third kappa shape index (κ3) is 3.60. The molecule has 1 heterocycles. The molecule has 20 heavy (non-hydrogen) atoms. The van der Waals surface area contributed by atoms with Crippen molar-refractivity contribution in [3.8, 4) is 0 Å². The van der Waals surface area contributed by atoms with Crippen LogP contribution in [0.2, 0.25) is 0 Å². The van der Waals surface area contributed by atoms with Gasteiger partial charge in [-0.05, 0) is 69.8 Å². The Kier molecular flexibility index (Phi) is 4.81. The molecule has 1 aliphatic heterocycles. The van der Waals surface area contributed by atoms with Crippen LogP contribution in [0.3, 0.4) is 0 Å². The molecule has 0 unspecified atom stereocenters. The monoisotopic (exact) mass is 274 g/mol. The lowest BCUT2D eigenvalue weighted by Gasteiger charge is -2.34. The topological polar surface area (TPSA) is 32.3 Å². The van der Waals surface area contributed by atoms with Crippen molar-refractivity contribution in [2.45, 2.75) is 46.6 Å². The van der Waals surface area contributed by atoms with Crippen molar-refractivity contribution in [3.63, 3.8) is 0 Å². The normalized spacial score (nSPS) is 18.8. The summed E-state index contributed by atoms with van der Waals surface area (Å²) in [7, 11) is 0. The number of aryl methyl sites for hydroxylation is 2. The van der Waals surface area contributed by atoms with Gasteiger partial charge in [0.25, 0.3) is 0 Å². The number of carbonyl (C=O) groups excluding carboxylic acids is 1. The Morgan fingerprint density at radius 2 is 1.95 bits per heavy atom. The van der Waals surface area contributed by atoms with Crippen molar-refractivity contribution in [1.82, 2.24) is 4.90 Å². The second kappa shape index (κ2) is 6.40. The number of hydrogen-bond acceptors (Lipinski definition) is 2. The average Bonchev–Trinajstić information content (AvgIpc) is 2.43. The van der Waals surface area contributed by atoms with E-state index in [1.54, 1.807) is 0 Å². The van der Waals surface area contributed by atoms with Gasteiger partial charge in [-0.2, -0.15) is 0 Å². The van der Waals surface area contributed by atoms with E-state index in [9.17, 15) is 4.79 Å². The molecule has 0 radical (unpaired) electrons. The highest BCUT2D eigenvalue weighted by Crippen LogP contribution is 2.20. The Hall–Kier alpha value is -1.35. The standard InChI is InChI=1S/C17H26N2O/c1-12-7-9-19(10-8-12)15(4)17(20)18-16-11-13(2)5-6-14(16)3/h5-6,11-12,15H,7-10H2,1-4H3,(H,18,20)/t15-/m0/s1. The molecule has 1 saturated heterocycles. The van der Waals surface area contributed by atoms with Gasteiger partial charge in [0.05, 0.1) is 6.04 Å². The molecule has 1 fully saturated rings. The summed E-state index contributed by atoms with van der Waals surface area (Å²) in [4.78, 5) is 14.7. The van der Waals surface area contributed by atoms with Gasteiger partial charge in [0.15, 0.2) is 0 Å². The Bertz CT molecular complexity index is 476. The summed E-state index contributed by atoms with van der Waals surface area (Å²) in [5.41, 5.74) is 3.22. The van der Waals surface area contributed by atoms with Crippen molar-refractivity contribution in [3.05, 3.63) is 29.3 Å². The van der Waals surface area contributed by atoms with Crippen LogP contribution in [0.1, 0.15) is 37.8 Å². The Morgan fingerprint density at radius 3 is 2.60 bits per heavy atom. The minimum absolute atomic E-state index is 0.0533. The van der Waals surface area contributed by atoms with E-state index in [1.165, 1.54) is 18.4 Å². The molecule has 2 rings (SSSR count). The molecule has 3 nitrogen and oxygen atoms in total. The molecule has 1 aliphatic rings. The minimum atomic E-state index is -0.0533.